The molecule has 4 rings (SSSR count). The number of anilines is 2. The number of nitrogens with zero attached hydrogens (tertiary/aromatic N) is 3. The summed E-state index contributed by atoms with van der Waals surface area (Å²) in [7, 11) is 5.44. The van der Waals surface area contributed by atoms with E-state index in [2.05, 4.69) is 16.7 Å². The number of nitrogens with one attached hydrogen (secondary N) is 2. The van der Waals surface area contributed by atoms with Crippen LogP contribution in [-0.2, 0) is 11.3 Å². The summed E-state index contributed by atoms with van der Waals surface area (Å²) in [5, 5.41) is 8.21. The Hall–Kier alpha value is -3.19. The van der Waals surface area contributed by atoms with Crippen LogP contribution in [0.2, 0.25) is 0 Å². The predicted molar refractivity (Wildman–Crippen MR) is 133 cm³/mol. The quantitative estimate of drug-likeness (QED) is 0.500. The topological polar surface area (TPSA) is 79.4 Å². The fourth-order valence-electron chi connectivity index (χ4n) is 4.51. The van der Waals surface area contributed by atoms with E-state index in [1.165, 1.54) is 20.0 Å². The summed E-state index contributed by atoms with van der Waals surface area (Å²) >= 11 is 0. The maximum atomic E-state index is 11.7. The van der Waals surface area contributed by atoms with E-state index in [0.717, 1.165) is 48.2 Å². The molecule has 0 amide bonds. The van der Waals surface area contributed by atoms with E-state index >= 15 is 0 Å². The second kappa shape index (κ2) is 10.6. The normalized spacial score (nSPS) is 18.2. The van der Waals surface area contributed by atoms with E-state index in [-0.39, 0.29) is 5.97 Å². The number of rotatable bonds is 8. The highest BCUT2D eigenvalue weighted by molar-refractivity contribution is 5.90. The van der Waals surface area contributed by atoms with Gasteiger partial charge in [0.25, 0.3) is 0 Å². The highest BCUT2D eigenvalue weighted by Crippen LogP contribution is 2.28. The van der Waals surface area contributed by atoms with Crippen LogP contribution in [0.3, 0.4) is 0 Å². The van der Waals surface area contributed by atoms with E-state index in [0.29, 0.717) is 23.5 Å². The number of carbonyl (C=O) groups is 1. The molecule has 0 radical (unpaired) electrons. The van der Waals surface area contributed by atoms with Gasteiger partial charge in [0.1, 0.15) is 5.82 Å². The Labute approximate surface area is 195 Å². The summed E-state index contributed by atoms with van der Waals surface area (Å²) in [6.45, 7) is 1.73. The fraction of sp³-hybridized carbons (Fsp3) is 0.423. The molecular formula is C26H33N5O2. The molecule has 1 aliphatic carbocycles. The van der Waals surface area contributed by atoms with Gasteiger partial charge in [0.05, 0.1) is 18.2 Å². The van der Waals surface area contributed by atoms with Crippen LogP contribution in [0.15, 0.2) is 48.5 Å². The molecule has 0 unspecified atom stereocenters. The van der Waals surface area contributed by atoms with Crippen molar-refractivity contribution in [3.63, 3.8) is 0 Å². The standard InChI is InChI=1S/C26H33N5O2/c1-31(2)24-22-9-4-5-10-23(22)29-26(30-24)28-21-13-11-18(12-14-21)16-27-17-19-7-6-8-20(15-19)25(32)33-3/h4-10,15,18,21,27H,11-14,16-17H2,1-3H3,(H,28,29,30). The van der Waals surface area contributed by atoms with E-state index < -0.39 is 0 Å². The predicted octanol–water partition coefficient (Wildman–Crippen LogP) is 4.24. The molecule has 1 heterocycles. The zero-order valence-corrected chi connectivity index (χ0v) is 19.7. The van der Waals surface area contributed by atoms with Crippen molar-refractivity contribution >= 4 is 28.6 Å². The van der Waals surface area contributed by atoms with Gasteiger partial charge in [-0.25, -0.2) is 9.78 Å². The number of para-hydroxylation sites is 1. The van der Waals surface area contributed by atoms with Crippen molar-refractivity contribution in [3.8, 4) is 0 Å². The number of benzene rings is 2. The van der Waals surface area contributed by atoms with Gasteiger partial charge in [-0.3, -0.25) is 0 Å². The van der Waals surface area contributed by atoms with Crippen LogP contribution in [0.1, 0.15) is 41.6 Å². The SMILES string of the molecule is COC(=O)c1cccc(CNCC2CCC(Nc3nc(N(C)C)c4ccccc4n3)CC2)c1. The van der Waals surface area contributed by atoms with Gasteiger partial charge in [-0.05, 0) is 68.0 Å². The molecule has 0 saturated heterocycles. The van der Waals surface area contributed by atoms with Crippen molar-refractivity contribution in [2.75, 3.05) is 38.0 Å². The smallest absolute Gasteiger partial charge is 0.337 e. The summed E-state index contributed by atoms with van der Waals surface area (Å²) in [4.78, 5) is 23.3. The first-order valence-corrected chi connectivity index (χ1v) is 11.6. The lowest BCUT2D eigenvalue weighted by molar-refractivity contribution is 0.0600. The first-order valence-electron chi connectivity index (χ1n) is 11.6. The molecule has 2 aromatic carbocycles. The Morgan fingerprint density at radius 3 is 2.61 bits per heavy atom. The van der Waals surface area contributed by atoms with Crippen molar-refractivity contribution < 1.29 is 9.53 Å². The average Bonchev–Trinajstić information content (AvgIpc) is 2.84. The van der Waals surface area contributed by atoms with Gasteiger partial charge in [0.15, 0.2) is 0 Å². The molecule has 1 aliphatic rings. The summed E-state index contributed by atoms with van der Waals surface area (Å²) in [5.74, 6) is 2.01. The van der Waals surface area contributed by atoms with Crippen LogP contribution in [0.25, 0.3) is 10.9 Å². The highest BCUT2D eigenvalue weighted by Gasteiger charge is 2.22. The van der Waals surface area contributed by atoms with E-state index in [9.17, 15) is 4.79 Å². The van der Waals surface area contributed by atoms with Crippen molar-refractivity contribution in [2.24, 2.45) is 5.92 Å². The Bertz CT molecular complexity index is 1090. The average molecular weight is 448 g/mol. The van der Waals surface area contributed by atoms with Gasteiger partial charge in [-0.1, -0.05) is 24.3 Å². The highest BCUT2D eigenvalue weighted by atomic mass is 16.5. The molecule has 7 nitrogen and oxygen atoms in total. The van der Waals surface area contributed by atoms with Gasteiger partial charge in [-0.2, -0.15) is 4.98 Å². The number of methoxy groups -OCH3 is 1. The summed E-state index contributed by atoms with van der Waals surface area (Å²) in [6.07, 6.45) is 4.55. The van der Waals surface area contributed by atoms with Crippen molar-refractivity contribution in [3.05, 3.63) is 59.7 Å². The van der Waals surface area contributed by atoms with E-state index in [1.807, 2.05) is 55.4 Å². The number of hydrogen-bond donors (Lipinski definition) is 2. The molecule has 7 heteroatoms. The van der Waals surface area contributed by atoms with E-state index in [1.54, 1.807) is 6.07 Å². The molecule has 2 N–H and O–H groups in total. The molecule has 0 spiro atoms. The zero-order valence-electron chi connectivity index (χ0n) is 19.7. The van der Waals surface area contributed by atoms with Crippen LogP contribution < -0.4 is 15.5 Å². The zero-order chi connectivity index (χ0) is 23.2. The van der Waals surface area contributed by atoms with Crippen molar-refractivity contribution in [1.29, 1.82) is 0 Å². The van der Waals surface area contributed by atoms with Crippen LogP contribution in [0.4, 0.5) is 11.8 Å². The third-order valence-corrected chi connectivity index (χ3v) is 6.30. The molecule has 1 fully saturated rings. The first-order chi connectivity index (χ1) is 16.0. The maximum absolute atomic E-state index is 11.7. The van der Waals surface area contributed by atoms with E-state index in [4.69, 9.17) is 14.7 Å². The van der Waals surface area contributed by atoms with Crippen molar-refractivity contribution in [1.82, 2.24) is 15.3 Å². The molecule has 1 saturated carbocycles. The Kier molecular flexibility index (Phi) is 7.40. The Balaban J connectivity index is 1.27. The lowest BCUT2D eigenvalue weighted by atomic mass is 9.86. The van der Waals surface area contributed by atoms with Gasteiger partial charge >= 0.3 is 5.97 Å². The molecule has 0 bridgehead atoms. The molecule has 33 heavy (non-hydrogen) atoms. The van der Waals surface area contributed by atoms with Crippen LogP contribution in [0, 0.1) is 5.92 Å². The second-order valence-electron chi connectivity index (χ2n) is 8.97. The van der Waals surface area contributed by atoms with Gasteiger partial charge in [0, 0.05) is 32.1 Å². The minimum Gasteiger partial charge on any atom is -0.465 e. The number of aromatic nitrogens is 2. The minimum atomic E-state index is -0.296. The maximum Gasteiger partial charge on any atom is 0.337 e. The number of ether oxygens (including phenoxy) is 1. The van der Waals surface area contributed by atoms with Gasteiger partial charge in [0.2, 0.25) is 5.95 Å². The molecule has 1 aromatic heterocycles. The summed E-state index contributed by atoms with van der Waals surface area (Å²) < 4.78 is 4.81. The van der Waals surface area contributed by atoms with Crippen LogP contribution >= 0.6 is 0 Å². The summed E-state index contributed by atoms with van der Waals surface area (Å²) in [5.41, 5.74) is 2.66. The summed E-state index contributed by atoms with van der Waals surface area (Å²) in [6, 6.07) is 16.2. The largest absolute Gasteiger partial charge is 0.465 e. The minimum absolute atomic E-state index is 0.296. The van der Waals surface area contributed by atoms with Gasteiger partial charge in [-0.15, -0.1) is 0 Å². The lowest BCUT2D eigenvalue weighted by Crippen LogP contribution is -2.31. The molecule has 3 aromatic rings. The van der Waals surface area contributed by atoms with Crippen LogP contribution in [-0.4, -0.2) is 49.7 Å². The van der Waals surface area contributed by atoms with Crippen LogP contribution in [0.5, 0.6) is 0 Å². The number of fused-ring (bicyclic) bond motifs is 1. The molecule has 0 atom stereocenters. The lowest BCUT2D eigenvalue weighted by Gasteiger charge is -2.29. The fourth-order valence-corrected chi connectivity index (χ4v) is 4.51. The third kappa shape index (κ3) is 5.79. The van der Waals surface area contributed by atoms with Crippen molar-refractivity contribution in [2.45, 2.75) is 38.3 Å². The first kappa shape index (κ1) is 23.0. The molecule has 0 aliphatic heterocycles. The number of hydrogen-bond acceptors (Lipinski definition) is 7. The number of carbonyl (C=O) groups excluding carboxylic acids is 1. The second-order valence-corrected chi connectivity index (χ2v) is 8.97. The molecular weight excluding hydrogens is 414 g/mol. The number of esters is 1. The molecule has 174 valence electrons. The van der Waals surface area contributed by atoms with Gasteiger partial charge < -0.3 is 20.3 Å². The Morgan fingerprint density at radius 1 is 1.06 bits per heavy atom. The monoisotopic (exact) mass is 447 g/mol. The Morgan fingerprint density at radius 2 is 1.85 bits per heavy atom. The third-order valence-electron chi connectivity index (χ3n) is 6.30.